The average Bonchev–Trinajstić information content (AvgIpc) is 3.23. The van der Waals surface area contributed by atoms with E-state index in [0.29, 0.717) is 40.9 Å². The van der Waals surface area contributed by atoms with E-state index in [4.69, 9.17) is 0 Å². The first-order valence-corrected chi connectivity index (χ1v) is 14.3. The lowest BCUT2D eigenvalue weighted by Gasteiger charge is -2.43. The van der Waals surface area contributed by atoms with Crippen LogP contribution in [0.25, 0.3) is 0 Å². The van der Waals surface area contributed by atoms with Crippen molar-refractivity contribution in [2.75, 3.05) is 39.8 Å². The number of imide groups is 1. The molecule has 1 saturated heterocycles. The van der Waals surface area contributed by atoms with E-state index in [-0.39, 0.29) is 37.8 Å². The van der Waals surface area contributed by atoms with Crippen LogP contribution >= 0.6 is 0 Å². The third-order valence-corrected chi connectivity index (χ3v) is 8.21. The molecule has 0 saturated carbocycles. The van der Waals surface area contributed by atoms with Crippen molar-refractivity contribution < 1.29 is 45.1 Å². The molecule has 0 aromatic heterocycles. The van der Waals surface area contributed by atoms with E-state index in [2.05, 4.69) is 0 Å². The summed E-state index contributed by atoms with van der Waals surface area (Å²) in [7, 11) is 1.28. The lowest BCUT2D eigenvalue weighted by molar-refractivity contribution is -0.143. The van der Waals surface area contributed by atoms with E-state index >= 15 is 0 Å². The summed E-state index contributed by atoms with van der Waals surface area (Å²) in [6, 6.07) is 10.4. The van der Waals surface area contributed by atoms with Crippen molar-refractivity contribution in [2.24, 2.45) is 0 Å². The summed E-state index contributed by atoms with van der Waals surface area (Å²) in [4.78, 5) is 45.0. The van der Waals surface area contributed by atoms with Crippen LogP contribution in [0.2, 0.25) is 0 Å². The summed E-state index contributed by atoms with van der Waals surface area (Å²) in [5.41, 5.74) is -1.57. The second-order valence-corrected chi connectivity index (χ2v) is 11.4. The minimum Gasteiger partial charge on any atom is -0.323 e. The number of benzene rings is 3. The Hall–Kier alpha value is -4.46. The number of urea groups is 1. The molecule has 5 rings (SSSR count). The van der Waals surface area contributed by atoms with Gasteiger partial charge in [0.05, 0.1) is 28.3 Å². The van der Waals surface area contributed by atoms with Gasteiger partial charge in [0.25, 0.3) is 11.8 Å². The Morgan fingerprint density at radius 3 is 1.98 bits per heavy atom. The van der Waals surface area contributed by atoms with Gasteiger partial charge >= 0.3 is 18.4 Å². The molecule has 1 unspecified atom stereocenters. The number of carbonyl (C=O) groups is 3. The zero-order valence-electron chi connectivity index (χ0n) is 24.8. The number of alkyl halides is 6. The monoisotopic (exact) mass is 650 g/mol. The number of halogens is 7. The Labute approximate surface area is 259 Å². The van der Waals surface area contributed by atoms with Gasteiger partial charge in [-0.3, -0.25) is 19.4 Å². The van der Waals surface area contributed by atoms with Crippen LogP contribution < -0.4 is 0 Å². The molecule has 0 radical (unpaired) electrons. The van der Waals surface area contributed by atoms with Crippen LogP contribution in [0.15, 0.2) is 60.7 Å². The van der Waals surface area contributed by atoms with Crippen LogP contribution in [0.5, 0.6) is 0 Å². The van der Waals surface area contributed by atoms with Gasteiger partial charge in [-0.05, 0) is 66.1 Å². The topological polar surface area (TPSA) is 64.2 Å². The molecule has 3 aromatic carbocycles. The maximum atomic E-state index is 14.0. The highest BCUT2D eigenvalue weighted by Gasteiger charge is 2.39. The van der Waals surface area contributed by atoms with Gasteiger partial charge in [0.2, 0.25) is 0 Å². The van der Waals surface area contributed by atoms with E-state index in [9.17, 15) is 45.1 Å². The Bertz CT molecular complexity index is 1610. The number of piperazine rings is 1. The van der Waals surface area contributed by atoms with Crippen LogP contribution in [-0.4, -0.2) is 77.2 Å². The molecule has 0 aliphatic carbocycles. The number of fused-ring (bicyclic) bond motifs is 1. The summed E-state index contributed by atoms with van der Waals surface area (Å²) in [5.74, 6) is -1.32. The third kappa shape index (κ3) is 6.71. The Morgan fingerprint density at radius 2 is 1.43 bits per heavy atom. The van der Waals surface area contributed by atoms with Crippen LogP contribution in [-0.2, 0) is 18.9 Å². The molecule has 1 atom stereocenters. The lowest BCUT2D eigenvalue weighted by atomic mass is 9.97. The van der Waals surface area contributed by atoms with Crippen molar-refractivity contribution in [1.29, 1.82) is 0 Å². The van der Waals surface area contributed by atoms with Crippen molar-refractivity contribution in [3.63, 3.8) is 0 Å². The van der Waals surface area contributed by atoms with Crippen molar-refractivity contribution in [2.45, 2.75) is 31.9 Å². The van der Waals surface area contributed by atoms with E-state index in [1.807, 2.05) is 4.90 Å². The summed E-state index contributed by atoms with van der Waals surface area (Å²) in [5, 5.41) is 0. The molecule has 244 valence electrons. The highest BCUT2D eigenvalue weighted by Crippen LogP contribution is 2.37. The number of hydrogen-bond acceptors (Lipinski definition) is 4. The predicted octanol–water partition coefficient (Wildman–Crippen LogP) is 6.38. The molecule has 2 aliphatic rings. The van der Waals surface area contributed by atoms with Gasteiger partial charge in [0.15, 0.2) is 0 Å². The Kier molecular flexibility index (Phi) is 8.86. The van der Waals surface area contributed by atoms with Crippen molar-refractivity contribution >= 4 is 17.8 Å². The van der Waals surface area contributed by atoms with E-state index < -0.39 is 59.7 Å². The van der Waals surface area contributed by atoms with Gasteiger partial charge in [-0.25, -0.2) is 9.18 Å². The zero-order valence-corrected chi connectivity index (χ0v) is 24.8. The third-order valence-electron chi connectivity index (χ3n) is 8.21. The van der Waals surface area contributed by atoms with E-state index in [1.54, 1.807) is 31.2 Å². The maximum absolute atomic E-state index is 14.0. The van der Waals surface area contributed by atoms with Crippen molar-refractivity contribution in [1.82, 2.24) is 19.6 Å². The molecule has 4 amide bonds. The number of aryl methyl sites for hydroxylation is 1. The molecule has 7 nitrogen and oxygen atoms in total. The highest BCUT2D eigenvalue weighted by atomic mass is 19.4. The Morgan fingerprint density at radius 1 is 0.848 bits per heavy atom. The molecule has 2 heterocycles. The van der Waals surface area contributed by atoms with E-state index in [1.165, 1.54) is 30.1 Å². The zero-order chi connectivity index (χ0) is 33.6. The minimum atomic E-state index is -5.03. The van der Waals surface area contributed by atoms with Crippen molar-refractivity contribution in [3.8, 4) is 0 Å². The molecular formula is C32H29F7N4O3. The normalized spacial score (nSPS) is 17.5. The maximum Gasteiger partial charge on any atom is 0.416 e. The summed E-state index contributed by atoms with van der Waals surface area (Å²) in [6.45, 7) is 2.06. The first-order chi connectivity index (χ1) is 21.5. The summed E-state index contributed by atoms with van der Waals surface area (Å²) in [6.07, 6.45) is -10.1. The van der Waals surface area contributed by atoms with Gasteiger partial charge < -0.3 is 9.80 Å². The van der Waals surface area contributed by atoms with Crippen LogP contribution in [0.1, 0.15) is 54.6 Å². The van der Waals surface area contributed by atoms with E-state index in [0.717, 1.165) is 9.80 Å². The fourth-order valence-electron chi connectivity index (χ4n) is 5.91. The minimum absolute atomic E-state index is 0.0276. The van der Waals surface area contributed by atoms with Crippen LogP contribution in [0, 0.1) is 12.7 Å². The molecule has 1 fully saturated rings. The van der Waals surface area contributed by atoms with Crippen LogP contribution in [0.4, 0.5) is 35.5 Å². The van der Waals surface area contributed by atoms with Gasteiger partial charge in [-0.1, -0.05) is 18.2 Å². The summed E-state index contributed by atoms with van der Waals surface area (Å²) >= 11 is 0. The number of rotatable bonds is 6. The van der Waals surface area contributed by atoms with Gasteiger partial charge in [0, 0.05) is 46.3 Å². The van der Waals surface area contributed by atoms with Gasteiger partial charge in [-0.15, -0.1) is 0 Å². The SMILES string of the molecule is Cc1cc(F)ccc1C1CN(CCN2C(=O)c3ccccc3C2=O)CCN1C(=O)N(C)Cc1cc(C(F)(F)F)cc(C(F)(F)F)c1. The molecule has 14 heteroatoms. The van der Waals surface area contributed by atoms with Crippen LogP contribution in [0.3, 0.4) is 0 Å². The highest BCUT2D eigenvalue weighted by molar-refractivity contribution is 6.21. The number of nitrogens with zero attached hydrogens (tertiary/aromatic N) is 4. The molecule has 2 aliphatic heterocycles. The molecular weight excluding hydrogens is 621 g/mol. The number of amides is 4. The fraction of sp³-hybridized carbons (Fsp3) is 0.344. The van der Waals surface area contributed by atoms with Crippen molar-refractivity contribution in [3.05, 3.63) is 105 Å². The number of hydrogen-bond donors (Lipinski definition) is 0. The van der Waals surface area contributed by atoms with Gasteiger partial charge in [-0.2, -0.15) is 26.3 Å². The second kappa shape index (κ2) is 12.4. The average molecular weight is 651 g/mol. The molecule has 46 heavy (non-hydrogen) atoms. The largest absolute Gasteiger partial charge is 0.416 e. The standard InChI is InChI=1S/C32H29F7N4O3/c1-19-13-23(33)7-8-24(19)27-18-41(10-12-43-28(44)25-5-3-4-6-26(25)29(43)45)9-11-42(27)30(46)40(2)17-20-14-21(31(34,35)36)16-22(15-20)32(37,38)39/h3-8,13-16,27H,9-12,17-18H2,1-2H3. The first-order valence-electron chi connectivity index (χ1n) is 14.3. The first kappa shape index (κ1) is 32.9. The molecule has 0 N–H and O–H groups in total. The molecule has 3 aromatic rings. The molecule has 0 spiro atoms. The lowest BCUT2D eigenvalue weighted by Crippen LogP contribution is -2.54. The smallest absolute Gasteiger partial charge is 0.323 e. The second-order valence-electron chi connectivity index (χ2n) is 11.4. The fourth-order valence-corrected chi connectivity index (χ4v) is 5.91. The quantitative estimate of drug-likeness (QED) is 0.230. The molecule has 0 bridgehead atoms. The number of carbonyl (C=O) groups excluding carboxylic acids is 3. The van der Waals surface area contributed by atoms with Gasteiger partial charge in [0.1, 0.15) is 5.82 Å². The summed E-state index contributed by atoms with van der Waals surface area (Å²) < 4.78 is 94.5. The predicted molar refractivity (Wildman–Crippen MR) is 152 cm³/mol. The Balaban J connectivity index is 1.35.